The Morgan fingerprint density at radius 2 is 1.94 bits per heavy atom. The zero-order valence-corrected chi connectivity index (χ0v) is 10.9. The molecule has 1 amide bonds. The Labute approximate surface area is 103 Å². The van der Waals surface area contributed by atoms with Gasteiger partial charge in [-0.3, -0.25) is 4.79 Å². The van der Waals surface area contributed by atoms with E-state index >= 15 is 0 Å². The highest BCUT2D eigenvalue weighted by Crippen LogP contribution is 2.25. The molecule has 4 nitrogen and oxygen atoms in total. The summed E-state index contributed by atoms with van der Waals surface area (Å²) in [5.41, 5.74) is 5.40. The molecule has 0 bridgehead atoms. The number of amides is 1. The van der Waals surface area contributed by atoms with Gasteiger partial charge in [-0.25, -0.2) is 0 Å². The van der Waals surface area contributed by atoms with Crippen molar-refractivity contribution in [2.45, 2.75) is 31.7 Å². The van der Waals surface area contributed by atoms with Gasteiger partial charge in [-0.15, -0.1) is 0 Å². The van der Waals surface area contributed by atoms with Crippen molar-refractivity contribution in [2.75, 3.05) is 27.2 Å². The van der Waals surface area contributed by atoms with E-state index < -0.39 is 0 Å². The Morgan fingerprint density at radius 3 is 2.44 bits per heavy atom. The lowest BCUT2D eigenvalue weighted by molar-refractivity contribution is -0.130. The number of carbonyl (C=O) groups excluding carboxylic acids is 1. The molecule has 0 radical (unpaired) electrons. The van der Waals surface area contributed by atoms with E-state index in [1.165, 1.54) is 12.8 Å². The first kappa shape index (κ1) is 13.4. The average Bonchev–Trinajstić information content (AvgIpc) is 3.05. The van der Waals surface area contributed by atoms with Crippen LogP contribution in [0.15, 0.2) is 0 Å². The van der Waals surface area contributed by atoms with Crippen molar-refractivity contribution in [3.8, 4) is 0 Å². The van der Waals surface area contributed by atoms with Crippen molar-refractivity contribution in [3.63, 3.8) is 0 Å². The molecule has 0 aromatic heterocycles. The van der Waals surface area contributed by atoms with Crippen LogP contribution in [0, 0.1) is 0 Å². The smallest absolute Gasteiger partial charge is 0.223 e. The van der Waals surface area contributed by atoms with E-state index in [1.54, 1.807) is 11.9 Å². The Kier molecular flexibility index (Phi) is 5.15. The lowest BCUT2D eigenvalue weighted by atomic mass is 10.3. The molecule has 1 fully saturated rings. The maximum atomic E-state index is 11.7. The fourth-order valence-electron chi connectivity index (χ4n) is 1.56. The van der Waals surface area contributed by atoms with Crippen molar-refractivity contribution in [3.05, 3.63) is 0 Å². The third-order valence-corrected chi connectivity index (χ3v) is 3.17. The van der Waals surface area contributed by atoms with Crippen LogP contribution in [-0.4, -0.2) is 53.9 Å². The van der Waals surface area contributed by atoms with E-state index in [4.69, 9.17) is 18.0 Å². The van der Waals surface area contributed by atoms with Gasteiger partial charge in [0.2, 0.25) is 5.91 Å². The van der Waals surface area contributed by atoms with Crippen LogP contribution in [0.3, 0.4) is 0 Å². The average molecular weight is 243 g/mol. The van der Waals surface area contributed by atoms with E-state index in [-0.39, 0.29) is 5.91 Å². The number of rotatable bonds is 7. The number of nitrogens with two attached hydrogens (primary N) is 1. The third-order valence-electron chi connectivity index (χ3n) is 2.97. The van der Waals surface area contributed by atoms with Gasteiger partial charge in [0.15, 0.2) is 0 Å². The number of carbonyl (C=O) groups is 1. The summed E-state index contributed by atoms with van der Waals surface area (Å²) in [6, 6.07) is 0.717. The van der Waals surface area contributed by atoms with Crippen LogP contribution in [0.4, 0.5) is 0 Å². The lowest BCUT2D eigenvalue weighted by Gasteiger charge is -2.19. The molecule has 0 heterocycles. The first-order valence-electron chi connectivity index (χ1n) is 5.73. The minimum absolute atomic E-state index is 0.170. The summed E-state index contributed by atoms with van der Waals surface area (Å²) in [6.45, 7) is 1.47. The Bertz CT molecular complexity index is 266. The van der Waals surface area contributed by atoms with Crippen LogP contribution in [0.1, 0.15) is 25.7 Å². The standard InChI is InChI=1S/C11H21N3OS/c1-13(9-3-4-9)8-6-11(15)14(2)7-5-10(12)16/h9H,3-8H2,1-2H3,(H2,12,16). The molecule has 92 valence electrons. The molecular formula is C11H21N3OS. The topological polar surface area (TPSA) is 49.6 Å². The van der Waals surface area contributed by atoms with Gasteiger partial charge in [0, 0.05) is 39.0 Å². The molecule has 1 rings (SSSR count). The van der Waals surface area contributed by atoms with E-state index in [0.29, 0.717) is 24.4 Å². The van der Waals surface area contributed by atoms with Crippen LogP contribution >= 0.6 is 12.2 Å². The van der Waals surface area contributed by atoms with Crippen molar-refractivity contribution >= 4 is 23.1 Å². The summed E-state index contributed by atoms with van der Waals surface area (Å²) in [4.78, 5) is 16.2. The maximum absolute atomic E-state index is 11.7. The van der Waals surface area contributed by atoms with Crippen molar-refractivity contribution in [2.24, 2.45) is 5.73 Å². The quantitative estimate of drug-likeness (QED) is 0.666. The van der Waals surface area contributed by atoms with Gasteiger partial charge in [-0.05, 0) is 19.9 Å². The van der Waals surface area contributed by atoms with Crippen LogP contribution < -0.4 is 5.73 Å². The molecule has 1 saturated carbocycles. The highest BCUT2D eigenvalue weighted by molar-refractivity contribution is 7.80. The molecule has 0 aromatic rings. The third kappa shape index (κ3) is 4.90. The predicted octanol–water partition coefficient (Wildman–Crippen LogP) is 0.605. The van der Waals surface area contributed by atoms with Gasteiger partial charge in [0.1, 0.15) is 0 Å². The molecule has 0 atom stereocenters. The molecule has 5 heteroatoms. The fourth-order valence-corrected chi connectivity index (χ4v) is 1.65. The fraction of sp³-hybridized carbons (Fsp3) is 0.818. The number of hydrogen-bond acceptors (Lipinski definition) is 3. The molecule has 0 aliphatic heterocycles. The monoisotopic (exact) mass is 243 g/mol. The predicted molar refractivity (Wildman–Crippen MR) is 69.3 cm³/mol. The number of thiocarbonyl (C=S) groups is 1. The van der Waals surface area contributed by atoms with Crippen LogP contribution in [0.5, 0.6) is 0 Å². The minimum Gasteiger partial charge on any atom is -0.393 e. The van der Waals surface area contributed by atoms with Gasteiger partial charge in [-0.2, -0.15) is 0 Å². The first-order chi connectivity index (χ1) is 7.50. The second kappa shape index (κ2) is 6.15. The van der Waals surface area contributed by atoms with Crippen molar-refractivity contribution < 1.29 is 4.79 Å². The summed E-state index contributed by atoms with van der Waals surface area (Å²) in [5, 5.41) is 0. The van der Waals surface area contributed by atoms with Gasteiger partial charge >= 0.3 is 0 Å². The zero-order chi connectivity index (χ0) is 12.1. The summed E-state index contributed by atoms with van der Waals surface area (Å²) in [6.07, 6.45) is 3.75. The summed E-state index contributed by atoms with van der Waals surface area (Å²) >= 11 is 4.78. The molecule has 0 unspecified atom stereocenters. The first-order valence-corrected chi connectivity index (χ1v) is 6.14. The van der Waals surface area contributed by atoms with E-state index in [1.807, 2.05) is 0 Å². The number of nitrogens with zero attached hydrogens (tertiary/aromatic N) is 2. The molecule has 16 heavy (non-hydrogen) atoms. The molecular weight excluding hydrogens is 222 g/mol. The second-order valence-electron chi connectivity index (χ2n) is 4.49. The Balaban J connectivity index is 2.14. The Hall–Kier alpha value is -0.680. The van der Waals surface area contributed by atoms with Crippen molar-refractivity contribution in [1.29, 1.82) is 0 Å². The van der Waals surface area contributed by atoms with Gasteiger partial charge in [0.25, 0.3) is 0 Å². The summed E-state index contributed by atoms with van der Waals surface area (Å²) < 4.78 is 0. The largest absolute Gasteiger partial charge is 0.393 e. The van der Waals surface area contributed by atoms with E-state index in [0.717, 1.165) is 12.6 Å². The highest BCUT2D eigenvalue weighted by atomic mass is 32.1. The van der Waals surface area contributed by atoms with Gasteiger partial charge < -0.3 is 15.5 Å². The highest BCUT2D eigenvalue weighted by Gasteiger charge is 2.26. The molecule has 0 spiro atoms. The minimum atomic E-state index is 0.170. The molecule has 2 N–H and O–H groups in total. The number of hydrogen-bond donors (Lipinski definition) is 1. The Morgan fingerprint density at radius 1 is 1.31 bits per heavy atom. The van der Waals surface area contributed by atoms with Crippen molar-refractivity contribution in [1.82, 2.24) is 9.80 Å². The van der Waals surface area contributed by atoms with E-state index in [2.05, 4.69) is 11.9 Å². The lowest BCUT2D eigenvalue weighted by Crippen LogP contribution is -2.33. The summed E-state index contributed by atoms with van der Waals surface area (Å²) in [7, 11) is 3.89. The molecule has 1 aliphatic rings. The van der Waals surface area contributed by atoms with Gasteiger partial charge in [-0.1, -0.05) is 12.2 Å². The molecule has 0 aromatic carbocycles. The zero-order valence-electron chi connectivity index (χ0n) is 10.1. The molecule has 1 aliphatic carbocycles. The normalized spacial score (nSPS) is 15.2. The van der Waals surface area contributed by atoms with Crippen LogP contribution in [0.25, 0.3) is 0 Å². The van der Waals surface area contributed by atoms with Crippen LogP contribution in [-0.2, 0) is 4.79 Å². The van der Waals surface area contributed by atoms with Crippen LogP contribution in [0.2, 0.25) is 0 Å². The van der Waals surface area contributed by atoms with E-state index in [9.17, 15) is 4.79 Å². The SMILES string of the molecule is CN(CCC(N)=S)C(=O)CCN(C)C1CC1. The molecule has 0 saturated heterocycles. The maximum Gasteiger partial charge on any atom is 0.223 e. The summed E-state index contributed by atoms with van der Waals surface area (Å²) in [5.74, 6) is 0.170. The second-order valence-corrected chi connectivity index (χ2v) is 5.02. The van der Waals surface area contributed by atoms with Gasteiger partial charge in [0.05, 0.1) is 4.99 Å².